The molecule has 1 aliphatic rings. The topological polar surface area (TPSA) is 98.0 Å². The maximum Gasteiger partial charge on any atom is 0.254 e. The van der Waals surface area contributed by atoms with E-state index in [1.165, 1.54) is 0 Å². The van der Waals surface area contributed by atoms with Crippen LogP contribution in [0.1, 0.15) is 34.8 Å². The number of nitrogens with two attached hydrogens (primary N) is 1. The number of likely N-dealkylation sites (N-methyl/N-ethyl adjacent to an activating group) is 1. The fraction of sp³-hybridized carbons (Fsp3) is 0.276. The Labute approximate surface area is 217 Å². The van der Waals surface area contributed by atoms with Gasteiger partial charge in [0.25, 0.3) is 5.91 Å². The van der Waals surface area contributed by atoms with Gasteiger partial charge in [0.1, 0.15) is 22.8 Å². The molecule has 1 aliphatic heterocycles. The number of piperidine rings is 1. The molecule has 2 heterocycles. The van der Waals surface area contributed by atoms with Crippen LogP contribution < -0.4 is 15.2 Å². The molecule has 1 saturated heterocycles. The summed E-state index contributed by atoms with van der Waals surface area (Å²) in [5, 5.41) is 0. The minimum atomic E-state index is -0.608. The number of likely N-dealkylation sites (tertiary alicyclic amines) is 1. The van der Waals surface area contributed by atoms with Crippen LogP contribution in [0.2, 0.25) is 0 Å². The van der Waals surface area contributed by atoms with Crippen molar-refractivity contribution in [2.45, 2.75) is 18.8 Å². The number of carbonyl (C=O) groups is 2. The van der Waals surface area contributed by atoms with E-state index < -0.39 is 5.91 Å². The zero-order valence-electron chi connectivity index (χ0n) is 21.2. The number of nitrogens with zero attached hydrogens (tertiary/aromatic N) is 3. The number of primary amides is 1. The molecule has 4 rings (SSSR count). The molecule has 2 aromatic carbocycles. The van der Waals surface area contributed by atoms with Gasteiger partial charge < -0.3 is 25.0 Å². The molecule has 0 saturated carbocycles. The molecule has 1 fully saturated rings. The summed E-state index contributed by atoms with van der Waals surface area (Å²) < 4.78 is 11.8. The second-order valence-electron chi connectivity index (χ2n) is 9.21. The molecule has 0 atom stereocenters. The lowest BCUT2D eigenvalue weighted by atomic mass is 9.92. The molecule has 0 unspecified atom stereocenters. The predicted octanol–water partition coefficient (Wildman–Crippen LogP) is 4.59. The summed E-state index contributed by atoms with van der Waals surface area (Å²) in [5.41, 5.74) is 6.62. The van der Waals surface area contributed by atoms with Crippen molar-refractivity contribution in [2.75, 3.05) is 33.7 Å². The van der Waals surface area contributed by atoms with Crippen molar-refractivity contribution >= 4 is 11.8 Å². The lowest BCUT2D eigenvalue weighted by Gasteiger charge is -2.31. The number of pyridine rings is 1. The van der Waals surface area contributed by atoms with Gasteiger partial charge >= 0.3 is 0 Å². The van der Waals surface area contributed by atoms with Crippen LogP contribution in [0.25, 0.3) is 0 Å². The first-order valence-electron chi connectivity index (χ1n) is 12.3. The number of hydrogen-bond acceptors (Lipinski definition) is 6. The van der Waals surface area contributed by atoms with E-state index in [1.807, 2.05) is 66.4 Å². The first-order chi connectivity index (χ1) is 17.9. The number of carbonyl (C=O) groups excluding carboxylic acids is 2. The number of aromatic nitrogens is 1. The zero-order chi connectivity index (χ0) is 26.2. The summed E-state index contributed by atoms with van der Waals surface area (Å²) >= 11 is 0. The Morgan fingerprint density at radius 2 is 1.57 bits per heavy atom. The van der Waals surface area contributed by atoms with Gasteiger partial charge in [-0.2, -0.15) is 0 Å². The maximum absolute atomic E-state index is 12.5. The van der Waals surface area contributed by atoms with Crippen molar-refractivity contribution in [3.05, 3.63) is 90.1 Å². The number of rotatable bonds is 9. The molecule has 37 heavy (non-hydrogen) atoms. The molecule has 8 heteroatoms. The number of hydrogen-bond donors (Lipinski definition) is 1. The van der Waals surface area contributed by atoms with Crippen LogP contribution in [-0.4, -0.2) is 60.3 Å². The zero-order valence-corrected chi connectivity index (χ0v) is 21.2. The lowest BCUT2D eigenvalue weighted by Crippen LogP contribution is -2.37. The van der Waals surface area contributed by atoms with E-state index in [1.54, 1.807) is 36.4 Å². The first kappa shape index (κ1) is 25.9. The monoisotopic (exact) mass is 500 g/mol. The molecule has 2 amide bonds. The third-order valence-corrected chi connectivity index (χ3v) is 6.12. The Balaban J connectivity index is 1.42. The van der Waals surface area contributed by atoms with E-state index in [2.05, 4.69) is 4.98 Å². The first-order valence-corrected chi connectivity index (χ1v) is 12.3. The largest absolute Gasteiger partial charge is 0.457 e. The third-order valence-electron chi connectivity index (χ3n) is 6.12. The average Bonchev–Trinajstić information content (AvgIpc) is 2.90. The van der Waals surface area contributed by atoms with E-state index in [4.69, 9.17) is 15.2 Å². The number of para-hydroxylation sites is 1. The van der Waals surface area contributed by atoms with Gasteiger partial charge in [-0.1, -0.05) is 24.3 Å². The van der Waals surface area contributed by atoms with E-state index >= 15 is 0 Å². The van der Waals surface area contributed by atoms with Gasteiger partial charge in [-0.25, -0.2) is 4.98 Å². The molecule has 0 radical (unpaired) electrons. The summed E-state index contributed by atoms with van der Waals surface area (Å²) in [7, 11) is 3.93. The van der Waals surface area contributed by atoms with Gasteiger partial charge in [0.2, 0.25) is 11.8 Å². The summed E-state index contributed by atoms with van der Waals surface area (Å²) in [6, 6.07) is 20.1. The van der Waals surface area contributed by atoms with Crippen molar-refractivity contribution < 1.29 is 19.1 Å². The van der Waals surface area contributed by atoms with Crippen LogP contribution in [0.3, 0.4) is 0 Å². The molecule has 8 nitrogen and oxygen atoms in total. The standard InChI is InChI=1S/C29H32N4O4/c1-32(2)18-6-9-27(34)33-19-16-21(17-20-33)26-15-14-25(28(30)35)29(31-26)37-24-12-10-23(11-13-24)36-22-7-4-3-5-8-22/h3-15,21H,16-20H2,1-2H3,(H2,30,35). The van der Waals surface area contributed by atoms with E-state index in [0.717, 1.165) is 30.8 Å². The molecule has 3 aromatic rings. The van der Waals surface area contributed by atoms with Crippen molar-refractivity contribution in [1.29, 1.82) is 0 Å². The highest BCUT2D eigenvalue weighted by atomic mass is 16.5. The molecular weight excluding hydrogens is 468 g/mol. The van der Waals surface area contributed by atoms with Crippen molar-refractivity contribution in [2.24, 2.45) is 5.73 Å². The Morgan fingerprint density at radius 1 is 0.946 bits per heavy atom. The van der Waals surface area contributed by atoms with Crippen LogP contribution in [0.4, 0.5) is 0 Å². The third kappa shape index (κ3) is 7.17. The molecule has 0 aliphatic carbocycles. The highest BCUT2D eigenvalue weighted by molar-refractivity contribution is 5.95. The summed E-state index contributed by atoms with van der Waals surface area (Å²) in [4.78, 5) is 33.0. The van der Waals surface area contributed by atoms with Gasteiger partial charge in [-0.15, -0.1) is 0 Å². The van der Waals surface area contributed by atoms with Gasteiger partial charge in [0, 0.05) is 37.3 Å². The van der Waals surface area contributed by atoms with Crippen LogP contribution in [0.15, 0.2) is 78.9 Å². The van der Waals surface area contributed by atoms with Gasteiger partial charge in [0.05, 0.1) is 0 Å². The summed E-state index contributed by atoms with van der Waals surface area (Å²) in [5.74, 6) is 1.65. The normalized spacial score (nSPS) is 14.2. The highest BCUT2D eigenvalue weighted by Gasteiger charge is 2.25. The van der Waals surface area contributed by atoms with Crippen LogP contribution in [-0.2, 0) is 4.79 Å². The van der Waals surface area contributed by atoms with E-state index in [9.17, 15) is 9.59 Å². The van der Waals surface area contributed by atoms with Crippen LogP contribution in [0, 0.1) is 0 Å². The molecule has 2 N–H and O–H groups in total. The van der Waals surface area contributed by atoms with Gasteiger partial charge in [0.15, 0.2) is 0 Å². The summed E-state index contributed by atoms with van der Waals surface area (Å²) in [6.45, 7) is 2.02. The molecular formula is C29H32N4O4. The van der Waals surface area contributed by atoms with Crippen LogP contribution in [0.5, 0.6) is 23.1 Å². The van der Waals surface area contributed by atoms with E-state index in [-0.39, 0.29) is 23.3 Å². The quantitative estimate of drug-likeness (QED) is 0.432. The second kappa shape index (κ2) is 12.2. The maximum atomic E-state index is 12.5. The summed E-state index contributed by atoms with van der Waals surface area (Å²) in [6.07, 6.45) is 5.08. The minimum absolute atomic E-state index is 0.0287. The van der Waals surface area contributed by atoms with Crippen molar-refractivity contribution in [3.63, 3.8) is 0 Å². The Bertz CT molecular complexity index is 1230. The minimum Gasteiger partial charge on any atom is -0.457 e. The Kier molecular flexibility index (Phi) is 8.53. The number of benzene rings is 2. The fourth-order valence-electron chi connectivity index (χ4n) is 4.12. The fourth-order valence-corrected chi connectivity index (χ4v) is 4.12. The lowest BCUT2D eigenvalue weighted by molar-refractivity contribution is -0.127. The second-order valence-corrected chi connectivity index (χ2v) is 9.21. The Hall–Kier alpha value is -4.17. The van der Waals surface area contributed by atoms with E-state index in [0.29, 0.717) is 24.6 Å². The SMILES string of the molecule is CN(C)CC=CC(=O)N1CCC(c2ccc(C(N)=O)c(Oc3ccc(Oc4ccccc4)cc3)n2)CC1. The Morgan fingerprint density at radius 3 is 2.19 bits per heavy atom. The number of ether oxygens (including phenoxy) is 2. The van der Waals surface area contributed by atoms with Crippen molar-refractivity contribution in [3.8, 4) is 23.1 Å². The predicted molar refractivity (Wildman–Crippen MR) is 142 cm³/mol. The van der Waals surface area contributed by atoms with Crippen LogP contribution >= 0.6 is 0 Å². The van der Waals surface area contributed by atoms with Gasteiger partial charge in [-0.05, 0) is 75.5 Å². The number of amides is 2. The van der Waals surface area contributed by atoms with Crippen molar-refractivity contribution in [1.82, 2.24) is 14.8 Å². The molecule has 0 spiro atoms. The smallest absolute Gasteiger partial charge is 0.254 e. The molecule has 192 valence electrons. The average molecular weight is 501 g/mol. The van der Waals surface area contributed by atoms with Gasteiger partial charge in [-0.3, -0.25) is 9.59 Å². The highest BCUT2D eigenvalue weighted by Crippen LogP contribution is 2.32. The molecule has 1 aromatic heterocycles. The molecule has 0 bridgehead atoms.